The third-order valence-electron chi connectivity index (χ3n) is 12.3. The molecule has 12 nitrogen and oxygen atoms in total. The molecule has 0 saturated carbocycles. The zero-order valence-corrected chi connectivity index (χ0v) is 46.5. The Balaban J connectivity index is 2.76. The average molecular weight is 1050 g/mol. The van der Waals surface area contributed by atoms with E-state index in [2.05, 4.69) is 124 Å². The summed E-state index contributed by atoms with van der Waals surface area (Å²) in [7, 11) is 0. The zero-order chi connectivity index (χ0) is 54.7. The molecule has 0 bridgehead atoms. The fourth-order valence-corrected chi connectivity index (χ4v) is 7.94. The molecule has 1 rings (SSSR count). The molecule has 1 aliphatic heterocycles. The van der Waals surface area contributed by atoms with Crippen LogP contribution in [0.4, 0.5) is 0 Å². The van der Waals surface area contributed by atoms with E-state index < -0.39 is 67.3 Å². The van der Waals surface area contributed by atoms with Gasteiger partial charge in [-0.3, -0.25) is 14.4 Å². The number of carboxylic acids is 1. The molecular weight excluding hydrogens is 949 g/mol. The topological polar surface area (TPSA) is 175 Å². The Hall–Kier alpha value is -4.62. The fraction of sp³-hybridized carbons (Fsp3) is 0.651. The van der Waals surface area contributed by atoms with Crippen LogP contribution in [-0.4, -0.2) is 89.2 Å². The van der Waals surface area contributed by atoms with Crippen molar-refractivity contribution in [2.24, 2.45) is 0 Å². The summed E-state index contributed by atoms with van der Waals surface area (Å²) in [5, 5.41) is 31.4. The molecule has 1 saturated heterocycles. The summed E-state index contributed by atoms with van der Waals surface area (Å²) >= 11 is 0. The van der Waals surface area contributed by atoms with Gasteiger partial charge in [-0.2, -0.15) is 0 Å². The van der Waals surface area contributed by atoms with Crippen LogP contribution in [0.3, 0.4) is 0 Å². The maximum atomic E-state index is 13.1. The van der Waals surface area contributed by atoms with Gasteiger partial charge in [0.2, 0.25) is 0 Å². The summed E-state index contributed by atoms with van der Waals surface area (Å²) < 4.78 is 28.3. The number of hydrogen-bond acceptors (Lipinski definition) is 11. The summed E-state index contributed by atoms with van der Waals surface area (Å²) in [4.78, 5) is 51.1. The Bertz CT molecular complexity index is 1720. The molecule has 1 heterocycles. The number of carbonyl (C=O) groups excluding carboxylic acids is 3. The molecule has 1 fully saturated rings. The lowest BCUT2D eigenvalue weighted by atomic mass is 9.98. The smallest absolute Gasteiger partial charge is 0.335 e. The highest BCUT2D eigenvalue weighted by molar-refractivity contribution is 5.74. The molecule has 1 aliphatic rings. The van der Waals surface area contributed by atoms with Gasteiger partial charge in [0.05, 0.1) is 6.61 Å². The Morgan fingerprint density at radius 3 is 1.33 bits per heavy atom. The van der Waals surface area contributed by atoms with Gasteiger partial charge in [-0.1, -0.05) is 188 Å². The SMILES string of the molecule is CC/C=C\C/C=C\C/C=C\C/C=C\C/C=C\CCCC(=O)OCC(COC1OC(C(=O)O)C(O)C(O)C1OC(=O)CCCCCCC/C=C\CCCCCC)OC(=O)CCCCCCC/C=C\C/C=C\C/C=C\CC. The number of allylic oxidation sites excluding steroid dienone is 18. The van der Waals surface area contributed by atoms with Crippen molar-refractivity contribution >= 4 is 23.9 Å². The first-order chi connectivity index (χ1) is 36.6. The number of aliphatic hydroxyl groups is 2. The highest BCUT2D eigenvalue weighted by Gasteiger charge is 2.50. The molecule has 424 valence electrons. The van der Waals surface area contributed by atoms with Crippen molar-refractivity contribution in [2.75, 3.05) is 13.2 Å². The molecule has 0 aromatic rings. The largest absolute Gasteiger partial charge is 0.479 e. The maximum Gasteiger partial charge on any atom is 0.335 e. The number of unbranched alkanes of at least 4 members (excludes halogenated alkanes) is 15. The highest BCUT2D eigenvalue weighted by atomic mass is 16.7. The molecular formula is C63H100O12. The van der Waals surface area contributed by atoms with Gasteiger partial charge in [-0.15, -0.1) is 0 Å². The molecule has 0 amide bonds. The van der Waals surface area contributed by atoms with Gasteiger partial charge in [0, 0.05) is 19.3 Å². The van der Waals surface area contributed by atoms with Crippen LogP contribution in [0.2, 0.25) is 0 Å². The minimum atomic E-state index is -1.92. The normalized spacial score (nSPS) is 19.0. The second-order valence-corrected chi connectivity index (χ2v) is 19.2. The maximum absolute atomic E-state index is 13.1. The van der Waals surface area contributed by atoms with Crippen molar-refractivity contribution in [3.63, 3.8) is 0 Å². The fourth-order valence-electron chi connectivity index (χ4n) is 7.94. The van der Waals surface area contributed by atoms with E-state index in [1.54, 1.807) is 0 Å². The summed E-state index contributed by atoms with van der Waals surface area (Å²) in [5.41, 5.74) is 0. The molecule has 0 aliphatic carbocycles. The first-order valence-corrected chi connectivity index (χ1v) is 28.9. The number of carboxylic acid groups (broad SMARTS) is 1. The average Bonchev–Trinajstić information content (AvgIpc) is 3.39. The summed E-state index contributed by atoms with van der Waals surface area (Å²) in [6, 6.07) is 0. The highest BCUT2D eigenvalue weighted by Crippen LogP contribution is 2.26. The van der Waals surface area contributed by atoms with E-state index in [-0.39, 0.29) is 25.9 Å². The van der Waals surface area contributed by atoms with E-state index in [1.165, 1.54) is 25.7 Å². The van der Waals surface area contributed by atoms with Crippen LogP contribution in [0, 0.1) is 0 Å². The van der Waals surface area contributed by atoms with Crippen molar-refractivity contribution < 1.29 is 58.2 Å². The van der Waals surface area contributed by atoms with Crippen molar-refractivity contribution in [2.45, 2.75) is 250 Å². The van der Waals surface area contributed by atoms with Crippen LogP contribution in [0.1, 0.15) is 213 Å². The summed E-state index contributed by atoms with van der Waals surface area (Å²) in [6.45, 7) is 5.66. The van der Waals surface area contributed by atoms with E-state index in [1.807, 2.05) is 6.08 Å². The standard InChI is InChI=1S/C63H100O12/c1-4-7-10-13-16-19-22-25-27-28-30-32-34-37-40-43-46-49-55(64)71-52-54(73-56(65)50-47-44-41-38-36-33-29-26-23-20-17-14-11-8-5-2)53-72-63-61(59(68)58(67)60(75-63)62(69)70)74-57(66)51-48-45-42-39-35-31-24-21-18-15-12-9-6-3/h7-8,10-11,16-17,19-21,24-27,29-30,32,37,40,54,58-61,63,67-68H,4-6,9,12-15,18,22-23,28,31,33-36,38-39,41-53H2,1-3H3,(H,69,70)/b10-7-,11-8-,19-16-,20-17-,24-21-,27-25-,29-26-,32-30-,40-37-. The number of aliphatic carboxylic acids is 1. The first kappa shape index (κ1) is 68.4. The number of esters is 3. The Morgan fingerprint density at radius 1 is 0.453 bits per heavy atom. The molecule has 3 N–H and O–H groups in total. The third-order valence-corrected chi connectivity index (χ3v) is 12.3. The van der Waals surface area contributed by atoms with Gasteiger partial charge in [-0.25, -0.2) is 4.79 Å². The Kier molecular flexibility index (Phi) is 45.8. The van der Waals surface area contributed by atoms with E-state index in [9.17, 15) is 34.5 Å². The van der Waals surface area contributed by atoms with Crippen LogP contribution in [-0.2, 0) is 42.9 Å². The molecule has 0 aromatic heterocycles. The van der Waals surface area contributed by atoms with Crippen molar-refractivity contribution in [1.82, 2.24) is 0 Å². The Morgan fingerprint density at radius 2 is 0.853 bits per heavy atom. The molecule has 0 radical (unpaired) electrons. The second kappa shape index (κ2) is 50.2. The van der Waals surface area contributed by atoms with Crippen molar-refractivity contribution in [3.8, 4) is 0 Å². The predicted molar refractivity (Wildman–Crippen MR) is 303 cm³/mol. The molecule has 6 unspecified atom stereocenters. The lowest BCUT2D eigenvalue weighted by Crippen LogP contribution is -2.61. The van der Waals surface area contributed by atoms with E-state index in [4.69, 9.17) is 23.7 Å². The van der Waals surface area contributed by atoms with Gasteiger partial charge in [0.1, 0.15) is 18.8 Å². The van der Waals surface area contributed by atoms with Crippen molar-refractivity contribution in [3.05, 3.63) is 109 Å². The summed E-state index contributed by atoms with van der Waals surface area (Å²) in [6.07, 6.45) is 54.9. The predicted octanol–water partition coefficient (Wildman–Crippen LogP) is 14.7. The van der Waals surface area contributed by atoms with Gasteiger partial charge in [0.15, 0.2) is 24.6 Å². The lowest BCUT2D eigenvalue weighted by molar-refractivity contribution is -0.301. The van der Waals surface area contributed by atoms with Crippen molar-refractivity contribution in [1.29, 1.82) is 0 Å². The van der Waals surface area contributed by atoms with Gasteiger partial charge >= 0.3 is 23.9 Å². The third kappa shape index (κ3) is 40.3. The van der Waals surface area contributed by atoms with E-state index in [0.29, 0.717) is 25.7 Å². The first-order valence-electron chi connectivity index (χ1n) is 28.9. The second-order valence-electron chi connectivity index (χ2n) is 19.2. The molecule has 0 spiro atoms. The Labute approximate surface area is 453 Å². The number of aliphatic hydroxyl groups excluding tert-OH is 2. The quantitative estimate of drug-likeness (QED) is 0.0228. The minimum absolute atomic E-state index is 0.0375. The van der Waals surface area contributed by atoms with Crippen LogP contribution < -0.4 is 0 Å². The lowest BCUT2D eigenvalue weighted by Gasteiger charge is -2.40. The monoisotopic (exact) mass is 1050 g/mol. The molecule has 12 heteroatoms. The van der Waals surface area contributed by atoms with E-state index >= 15 is 0 Å². The van der Waals surface area contributed by atoms with Gasteiger partial charge in [-0.05, 0) is 116 Å². The van der Waals surface area contributed by atoms with Crippen LogP contribution in [0.5, 0.6) is 0 Å². The van der Waals surface area contributed by atoms with Gasteiger partial charge < -0.3 is 39.0 Å². The van der Waals surface area contributed by atoms with E-state index in [0.717, 1.165) is 122 Å². The number of carbonyl (C=O) groups is 4. The van der Waals surface area contributed by atoms with Crippen LogP contribution in [0.25, 0.3) is 0 Å². The number of rotatable bonds is 47. The summed E-state index contributed by atoms with van der Waals surface area (Å²) in [5.74, 6) is -3.25. The zero-order valence-electron chi connectivity index (χ0n) is 46.5. The van der Waals surface area contributed by atoms with Crippen LogP contribution in [0.15, 0.2) is 109 Å². The van der Waals surface area contributed by atoms with Gasteiger partial charge in [0.25, 0.3) is 0 Å². The minimum Gasteiger partial charge on any atom is -0.479 e. The molecule has 0 aromatic carbocycles. The molecule has 6 atom stereocenters. The number of ether oxygens (including phenoxy) is 5. The number of hydrogen-bond donors (Lipinski definition) is 3. The molecule has 75 heavy (non-hydrogen) atoms. The van der Waals surface area contributed by atoms with Crippen LogP contribution >= 0.6 is 0 Å².